The Morgan fingerprint density at radius 1 is 1.33 bits per heavy atom. The van der Waals surface area contributed by atoms with Crippen LogP contribution in [0.1, 0.15) is 32.8 Å². The molecule has 1 aliphatic rings. The zero-order valence-electron chi connectivity index (χ0n) is 14.8. The average Bonchev–Trinajstić information content (AvgIpc) is 2.52. The molecule has 0 spiro atoms. The number of hydrogen-bond donors (Lipinski definition) is 2. The smallest absolute Gasteiger partial charge is 0.221 e. The van der Waals surface area contributed by atoms with Crippen LogP contribution in [0.2, 0.25) is 0 Å². The van der Waals surface area contributed by atoms with Gasteiger partial charge in [-0.05, 0) is 23.1 Å². The van der Waals surface area contributed by atoms with E-state index in [4.69, 9.17) is 4.74 Å². The van der Waals surface area contributed by atoms with Gasteiger partial charge in [0.15, 0.2) is 0 Å². The van der Waals surface area contributed by atoms with E-state index in [1.165, 1.54) is 5.56 Å². The molecule has 0 radical (unpaired) electrons. The van der Waals surface area contributed by atoms with Crippen molar-refractivity contribution in [1.29, 1.82) is 0 Å². The molecule has 2 rings (SSSR count). The van der Waals surface area contributed by atoms with Gasteiger partial charge in [0, 0.05) is 30.5 Å². The number of ether oxygens (including phenoxy) is 1. The van der Waals surface area contributed by atoms with Crippen LogP contribution in [0.4, 0.5) is 0 Å². The SMILES string of the molecule is CC(C)(C)c1ccc(OCCNC(=O)CC2CSCCN2)cc1.Cl. The van der Waals surface area contributed by atoms with Crippen molar-refractivity contribution in [1.82, 2.24) is 10.6 Å². The molecule has 6 heteroatoms. The van der Waals surface area contributed by atoms with Crippen molar-refractivity contribution >= 4 is 30.1 Å². The van der Waals surface area contributed by atoms with Gasteiger partial charge in [0.05, 0.1) is 6.54 Å². The largest absolute Gasteiger partial charge is 0.492 e. The molecule has 1 aromatic rings. The van der Waals surface area contributed by atoms with Crippen molar-refractivity contribution < 1.29 is 9.53 Å². The van der Waals surface area contributed by atoms with Crippen LogP contribution >= 0.6 is 24.2 Å². The Labute approximate surface area is 155 Å². The second-order valence-corrected chi connectivity index (χ2v) is 8.05. The van der Waals surface area contributed by atoms with Crippen LogP contribution in [-0.2, 0) is 10.2 Å². The summed E-state index contributed by atoms with van der Waals surface area (Å²) < 4.78 is 5.68. The molecule has 0 saturated carbocycles. The van der Waals surface area contributed by atoms with E-state index >= 15 is 0 Å². The summed E-state index contributed by atoms with van der Waals surface area (Å²) in [4.78, 5) is 11.9. The van der Waals surface area contributed by atoms with Gasteiger partial charge >= 0.3 is 0 Å². The Kier molecular flexibility index (Phi) is 8.95. The fourth-order valence-corrected chi connectivity index (χ4v) is 3.41. The number of amides is 1. The van der Waals surface area contributed by atoms with E-state index in [9.17, 15) is 4.79 Å². The van der Waals surface area contributed by atoms with Crippen LogP contribution in [0.3, 0.4) is 0 Å². The zero-order chi connectivity index (χ0) is 16.7. The highest BCUT2D eigenvalue weighted by Crippen LogP contribution is 2.24. The molecule has 1 fully saturated rings. The van der Waals surface area contributed by atoms with Crippen molar-refractivity contribution in [3.63, 3.8) is 0 Å². The third-order valence-electron chi connectivity index (χ3n) is 3.84. The minimum absolute atomic E-state index is 0. The lowest BCUT2D eigenvalue weighted by Gasteiger charge is -2.22. The van der Waals surface area contributed by atoms with Gasteiger partial charge < -0.3 is 15.4 Å². The number of rotatable bonds is 6. The number of nitrogens with one attached hydrogen (secondary N) is 2. The average molecular weight is 373 g/mol. The molecular formula is C18H29ClN2O2S. The lowest BCUT2D eigenvalue weighted by molar-refractivity contribution is -0.121. The molecule has 4 nitrogen and oxygen atoms in total. The molecule has 2 N–H and O–H groups in total. The van der Waals surface area contributed by atoms with E-state index in [0.717, 1.165) is 23.8 Å². The van der Waals surface area contributed by atoms with Gasteiger partial charge in [-0.2, -0.15) is 11.8 Å². The summed E-state index contributed by atoms with van der Waals surface area (Å²) >= 11 is 1.91. The topological polar surface area (TPSA) is 50.4 Å². The minimum Gasteiger partial charge on any atom is -0.492 e. The highest BCUT2D eigenvalue weighted by atomic mass is 35.5. The monoisotopic (exact) mass is 372 g/mol. The first kappa shape index (κ1) is 21.1. The quantitative estimate of drug-likeness (QED) is 0.754. The summed E-state index contributed by atoms with van der Waals surface area (Å²) in [5.74, 6) is 3.10. The number of thioether (sulfide) groups is 1. The Morgan fingerprint density at radius 3 is 2.62 bits per heavy atom. The van der Waals surface area contributed by atoms with Gasteiger partial charge in [-0.3, -0.25) is 4.79 Å². The van der Waals surface area contributed by atoms with Crippen molar-refractivity contribution in [2.75, 3.05) is 31.2 Å². The third kappa shape index (κ3) is 7.32. The normalized spacial score (nSPS) is 17.7. The summed E-state index contributed by atoms with van der Waals surface area (Å²) in [6.07, 6.45) is 0.549. The van der Waals surface area contributed by atoms with Crippen LogP contribution in [-0.4, -0.2) is 43.2 Å². The summed E-state index contributed by atoms with van der Waals surface area (Å²) in [6, 6.07) is 8.48. The van der Waals surface area contributed by atoms with Gasteiger partial charge in [0.2, 0.25) is 5.91 Å². The molecule has 1 amide bonds. The number of halogens is 1. The molecular weight excluding hydrogens is 344 g/mol. The van der Waals surface area contributed by atoms with Crippen LogP contribution in [0.5, 0.6) is 5.75 Å². The number of benzene rings is 1. The van der Waals surface area contributed by atoms with E-state index in [1.807, 2.05) is 23.9 Å². The second kappa shape index (κ2) is 10.2. The number of hydrogen-bond acceptors (Lipinski definition) is 4. The highest BCUT2D eigenvalue weighted by molar-refractivity contribution is 7.99. The van der Waals surface area contributed by atoms with Crippen molar-refractivity contribution in [2.24, 2.45) is 0 Å². The molecule has 24 heavy (non-hydrogen) atoms. The minimum atomic E-state index is 0. The number of carbonyl (C=O) groups is 1. The Balaban J connectivity index is 0.00000288. The molecule has 0 bridgehead atoms. The standard InChI is InChI=1S/C18H28N2O2S.ClH/c1-18(2,3)14-4-6-16(7-5-14)22-10-8-20-17(21)12-15-13-23-11-9-19-15;/h4-7,15,19H,8-13H2,1-3H3,(H,20,21);1H. The van der Waals surface area contributed by atoms with Crippen molar-refractivity contribution in [2.45, 2.75) is 38.6 Å². The molecule has 1 heterocycles. The van der Waals surface area contributed by atoms with E-state index < -0.39 is 0 Å². The van der Waals surface area contributed by atoms with Gasteiger partial charge in [0.1, 0.15) is 12.4 Å². The van der Waals surface area contributed by atoms with Crippen LogP contribution in [0.15, 0.2) is 24.3 Å². The molecule has 1 aliphatic heterocycles. The lowest BCUT2D eigenvalue weighted by atomic mass is 9.87. The predicted octanol–water partition coefficient (Wildman–Crippen LogP) is 3.00. The fourth-order valence-electron chi connectivity index (χ4n) is 2.46. The molecule has 1 atom stereocenters. The van der Waals surface area contributed by atoms with Crippen LogP contribution < -0.4 is 15.4 Å². The van der Waals surface area contributed by atoms with Crippen molar-refractivity contribution in [3.8, 4) is 5.75 Å². The van der Waals surface area contributed by atoms with Gasteiger partial charge in [-0.15, -0.1) is 12.4 Å². The summed E-state index contributed by atoms with van der Waals surface area (Å²) in [7, 11) is 0. The third-order valence-corrected chi connectivity index (χ3v) is 4.97. The van der Waals surface area contributed by atoms with Gasteiger partial charge in [-0.25, -0.2) is 0 Å². The Morgan fingerprint density at radius 2 is 2.04 bits per heavy atom. The van der Waals surface area contributed by atoms with Crippen LogP contribution in [0.25, 0.3) is 0 Å². The molecule has 136 valence electrons. The first-order chi connectivity index (χ1) is 10.9. The second-order valence-electron chi connectivity index (χ2n) is 6.90. The maximum atomic E-state index is 11.9. The van der Waals surface area contributed by atoms with E-state index in [-0.39, 0.29) is 23.7 Å². The van der Waals surface area contributed by atoms with E-state index in [0.29, 0.717) is 25.6 Å². The molecule has 1 unspecified atom stereocenters. The Hall–Kier alpha value is -0.910. The predicted molar refractivity (Wildman–Crippen MR) is 105 cm³/mol. The Bertz CT molecular complexity index is 497. The summed E-state index contributed by atoms with van der Waals surface area (Å²) in [6.45, 7) is 8.61. The number of carbonyl (C=O) groups excluding carboxylic acids is 1. The maximum Gasteiger partial charge on any atom is 0.221 e. The van der Waals surface area contributed by atoms with Crippen LogP contribution in [0, 0.1) is 0 Å². The first-order valence-electron chi connectivity index (χ1n) is 8.26. The summed E-state index contributed by atoms with van der Waals surface area (Å²) in [5, 5.41) is 6.29. The highest BCUT2D eigenvalue weighted by Gasteiger charge is 2.16. The van der Waals surface area contributed by atoms with Crippen molar-refractivity contribution in [3.05, 3.63) is 29.8 Å². The van der Waals surface area contributed by atoms with E-state index in [2.05, 4.69) is 43.5 Å². The lowest BCUT2D eigenvalue weighted by Crippen LogP contribution is -2.41. The maximum absolute atomic E-state index is 11.9. The summed E-state index contributed by atoms with van der Waals surface area (Å²) in [5.41, 5.74) is 1.44. The van der Waals surface area contributed by atoms with Gasteiger partial charge in [0.25, 0.3) is 0 Å². The first-order valence-corrected chi connectivity index (χ1v) is 9.42. The molecule has 1 aromatic carbocycles. The zero-order valence-corrected chi connectivity index (χ0v) is 16.4. The van der Waals surface area contributed by atoms with Gasteiger partial charge in [-0.1, -0.05) is 32.9 Å². The fraction of sp³-hybridized carbons (Fsp3) is 0.611. The molecule has 1 saturated heterocycles. The molecule has 0 aliphatic carbocycles. The molecule has 0 aromatic heterocycles. The van der Waals surface area contributed by atoms with E-state index in [1.54, 1.807) is 0 Å².